The van der Waals surface area contributed by atoms with Crippen LogP contribution in [-0.2, 0) is 53.8 Å². The standard InChI is InChI=1S/C38H51F2N6O11P/c1-4-5-6-10-32(47)42-27(15-23-13-24(39)16-25(40)14-23)33(48)43-28-20-56-38(53)31-12-21(2)18-45(31)35(50)22(3)41-34(49)29-9-7-8-11-44(29)37(52)30-17-26(57-58(54)55)19-46(30)36(28)51/h6,10,13-14,16,21-22,26-31,58H,4-5,7-9,11-12,15,17-20H2,1-3H3,(H,41,49)(H,42,47)(H,43,48)(H,54,55)/b10-6+/t21-,22+,26-,27+,28+,29+,30+,31?/m1/s1. The molecule has 5 rings (SSSR count). The maximum absolute atomic E-state index is 14.6. The highest BCUT2D eigenvalue weighted by Crippen LogP contribution is 2.32. The molecule has 0 aromatic heterocycles. The van der Waals surface area contributed by atoms with Crippen LogP contribution in [0.4, 0.5) is 8.78 Å². The van der Waals surface area contributed by atoms with Gasteiger partial charge in [0.2, 0.25) is 35.4 Å². The van der Waals surface area contributed by atoms with Gasteiger partial charge in [0.1, 0.15) is 54.5 Å². The summed E-state index contributed by atoms with van der Waals surface area (Å²) in [6.45, 7) is 4.24. The largest absolute Gasteiger partial charge is 0.461 e. The third-order valence-electron chi connectivity index (χ3n) is 10.7. The smallest absolute Gasteiger partial charge is 0.328 e. The zero-order valence-electron chi connectivity index (χ0n) is 32.6. The fourth-order valence-corrected chi connectivity index (χ4v) is 8.41. The van der Waals surface area contributed by atoms with Gasteiger partial charge < -0.3 is 44.8 Å². The number of nitrogens with one attached hydrogen (secondary N) is 3. The molecule has 0 bridgehead atoms. The predicted octanol–water partition coefficient (Wildman–Crippen LogP) is 0.881. The Hall–Kier alpha value is -4.74. The van der Waals surface area contributed by atoms with Crippen LogP contribution in [0.3, 0.4) is 0 Å². The van der Waals surface area contributed by atoms with Crippen LogP contribution in [0.1, 0.15) is 71.3 Å². The highest BCUT2D eigenvalue weighted by Gasteiger charge is 2.48. The second kappa shape index (κ2) is 19.8. The van der Waals surface area contributed by atoms with E-state index in [4.69, 9.17) is 9.26 Å². The van der Waals surface area contributed by atoms with Crippen LogP contribution in [-0.4, -0.2) is 130 Å². The van der Waals surface area contributed by atoms with Gasteiger partial charge in [0.15, 0.2) is 0 Å². The zero-order valence-corrected chi connectivity index (χ0v) is 33.6. The van der Waals surface area contributed by atoms with Crippen LogP contribution in [0.2, 0.25) is 0 Å². The van der Waals surface area contributed by atoms with E-state index in [1.807, 2.05) is 13.8 Å². The molecule has 318 valence electrons. The molecule has 0 aliphatic carbocycles. The summed E-state index contributed by atoms with van der Waals surface area (Å²) in [5.41, 5.74) is -0.00915. The van der Waals surface area contributed by atoms with Crippen molar-refractivity contribution >= 4 is 49.7 Å². The van der Waals surface area contributed by atoms with E-state index in [9.17, 15) is 51.8 Å². The lowest BCUT2D eigenvalue weighted by Gasteiger charge is -2.39. The Morgan fingerprint density at radius 1 is 0.983 bits per heavy atom. The summed E-state index contributed by atoms with van der Waals surface area (Å²) in [6.07, 6.45) is 3.73. The molecule has 4 aliphatic rings. The number of amides is 6. The Morgan fingerprint density at radius 2 is 1.69 bits per heavy atom. The van der Waals surface area contributed by atoms with Gasteiger partial charge in [-0.15, -0.1) is 0 Å². The summed E-state index contributed by atoms with van der Waals surface area (Å²) in [7, 11) is -3.57. The number of piperidine rings is 1. The first-order chi connectivity index (χ1) is 27.6. The first kappa shape index (κ1) is 44.4. The third kappa shape index (κ3) is 11.0. The van der Waals surface area contributed by atoms with Crippen molar-refractivity contribution in [1.29, 1.82) is 0 Å². The van der Waals surface area contributed by atoms with Crippen molar-refractivity contribution in [2.24, 2.45) is 5.92 Å². The Bertz CT molecular complexity index is 1800. The van der Waals surface area contributed by atoms with Crippen LogP contribution < -0.4 is 16.0 Å². The molecule has 0 radical (unpaired) electrons. The van der Waals surface area contributed by atoms with E-state index in [-0.39, 0.29) is 43.8 Å². The first-order valence-corrected chi connectivity index (χ1v) is 20.8. The third-order valence-corrected chi connectivity index (χ3v) is 11.2. The van der Waals surface area contributed by atoms with E-state index in [1.54, 1.807) is 6.08 Å². The summed E-state index contributed by atoms with van der Waals surface area (Å²) in [5.74, 6) is -7.52. The number of unbranched alkanes of at least 4 members (excludes halogenated alkanes) is 1. The molecule has 4 heterocycles. The van der Waals surface area contributed by atoms with Gasteiger partial charge in [0, 0.05) is 38.5 Å². The van der Waals surface area contributed by atoms with Gasteiger partial charge in [0.05, 0.1) is 6.10 Å². The maximum atomic E-state index is 14.6. The van der Waals surface area contributed by atoms with Crippen LogP contribution in [0, 0.1) is 17.6 Å². The molecule has 9 atom stereocenters. The Labute approximate surface area is 335 Å². The van der Waals surface area contributed by atoms with Crippen molar-refractivity contribution in [3.63, 3.8) is 0 Å². The first-order valence-electron chi connectivity index (χ1n) is 19.6. The lowest BCUT2D eigenvalue weighted by Crippen LogP contribution is -2.62. The minimum atomic E-state index is -3.57. The van der Waals surface area contributed by atoms with E-state index in [0.717, 1.165) is 23.5 Å². The number of rotatable bonds is 10. The average molecular weight is 837 g/mol. The lowest BCUT2D eigenvalue weighted by molar-refractivity contribution is -0.158. The second-order valence-corrected chi connectivity index (χ2v) is 16.1. The molecule has 17 nitrogen and oxygen atoms in total. The zero-order chi connectivity index (χ0) is 42.3. The number of fused-ring (bicyclic) bond motifs is 3. The number of allylic oxidation sites excluding steroid dienone is 1. The number of nitrogens with zero attached hydrogens (tertiary/aromatic N) is 3. The van der Waals surface area contributed by atoms with Crippen molar-refractivity contribution in [3.05, 3.63) is 47.5 Å². The van der Waals surface area contributed by atoms with Crippen LogP contribution in [0.25, 0.3) is 0 Å². The van der Waals surface area contributed by atoms with E-state index in [2.05, 4.69) is 16.0 Å². The van der Waals surface area contributed by atoms with Gasteiger partial charge in [-0.25, -0.2) is 13.6 Å². The van der Waals surface area contributed by atoms with E-state index >= 15 is 0 Å². The summed E-state index contributed by atoms with van der Waals surface area (Å²) < 4.78 is 51.1. The summed E-state index contributed by atoms with van der Waals surface area (Å²) >= 11 is 0. The SMILES string of the molecule is CCC/C=C/C(=O)N[C@@H](Cc1cc(F)cc(F)c1)C(=O)N[C@H]1COC(=O)C2C[C@@H](C)CN2C(=O)[C@H](C)NC(=O)[C@@H]2CCCCN2C(=O)[C@@H]2C[C@@H](O[PH](=O)O)CN2C1=O. The van der Waals surface area contributed by atoms with Crippen LogP contribution >= 0.6 is 8.25 Å². The number of carbonyl (C=O) groups excluding carboxylic acids is 7. The minimum Gasteiger partial charge on any atom is -0.461 e. The molecule has 0 spiro atoms. The summed E-state index contributed by atoms with van der Waals surface area (Å²) in [5, 5.41) is 7.68. The van der Waals surface area contributed by atoms with Crippen molar-refractivity contribution in [2.45, 2.75) is 114 Å². The molecule has 4 N–H and O–H groups in total. The molecule has 58 heavy (non-hydrogen) atoms. The van der Waals surface area contributed by atoms with E-state index in [0.29, 0.717) is 25.3 Å². The molecule has 0 saturated carbocycles. The molecule has 1 aromatic carbocycles. The molecule has 1 aromatic rings. The van der Waals surface area contributed by atoms with Gasteiger partial charge in [0.25, 0.3) is 0 Å². The van der Waals surface area contributed by atoms with Crippen LogP contribution in [0.15, 0.2) is 30.4 Å². The second-order valence-electron chi connectivity index (χ2n) is 15.3. The van der Waals surface area contributed by atoms with Crippen molar-refractivity contribution < 1.29 is 61.1 Å². The monoisotopic (exact) mass is 836 g/mol. The summed E-state index contributed by atoms with van der Waals surface area (Å²) in [6, 6.07) is -5.32. The summed E-state index contributed by atoms with van der Waals surface area (Å²) in [4.78, 5) is 110. The van der Waals surface area contributed by atoms with Crippen molar-refractivity contribution in [3.8, 4) is 0 Å². The molecule has 20 heteroatoms. The maximum Gasteiger partial charge on any atom is 0.328 e. The normalized spacial score (nSPS) is 28.3. The highest BCUT2D eigenvalue weighted by molar-refractivity contribution is 7.32. The molecule has 4 saturated heterocycles. The number of esters is 1. The number of hydrogen-bond donors (Lipinski definition) is 4. The molecular formula is C38H51F2N6O11P. The van der Waals surface area contributed by atoms with Crippen molar-refractivity contribution in [1.82, 2.24) is 30.7 Å². The number of benzene rings is 1. The Kier molecular flexibility index (Phi) is 15.2. The van der Waals surface area contributed by atoms with Gasteiger partial charge in [-0.1, -0.05) is 26.3 Å². The average Bonchev–Trinajstić information content (AvgIpc) is 3.77. The van der Waals surface area contributed by atoms with Gasteiger partial charge in [-0.2, -0.15) is 0 Å². The van der Waals surface area contributed by atoms with E-state index < -0.39 is 123 Å². The van der Waals surface area contributed by atoms with Crippen molar-refractivity contribution in [2.75, 3.05) is 26.2 Å². The van der Waals surface area contributed by atoms with Gasteiger partial charge >= 0.3 is 14.2 Å². The fourth-order valence-electron chi connectivity index (χ4n) is 7.95. The Balaban J connectivity index is 1.53. The van der Waals surface area contributed by atoms with E-state index in [1.165, 1.54) is 22.8 Å². The number of cyclic esters (lactones) is 1. The van der Waals surface area contributed by atoms with Gasteiger partial charge in [-0.05, 0) is 68.7 Å². The molecule has 2 unspecified atom stereocenters. The molecular weight excluding hydrogens is 785 g/mol. The number of hydrogen-bond acceptors (Lipinski definition) is 10. The fraction of sp³-hybridized carbons (Fsp3) is 0.605. The highest BCUT2D eigenvalue weighted by atomic mass is 31.1. The Morgan fingerprint density at radius 3 is 2.38 bits per heavy atom. The topological polar surface area (TPSA) is 221 Å². The van der Waals surface area contributed by atoms with Gasteiger partial charge in [-0.3, -0.25) is 33.3 Å². The minimum absolute atomic E-state index is 0.00915. The molecule has 4 aliphatic heterocycles. The lowest BCUT2D eigenvalue weighted by atomic mass is 9.99. The number of carbonyl (C=O) groups is 7. The molecule has 4 fully saturated rings. The van der Waals surface area contributed by atoms with Crippen LogP contribution in [0.5, 0.6) is 0 Å². The molecule has 6 amide bonds. The quantitative estimate of drug-likeness (QED) is 0.147. The predicted molar refractivity (Wildman–Crippen MR) is 201 cm³/mol. The number of ether oxygens (including phenoxy) is 1. The number of halogens is 2.